The number of carbonyl (C=O) groups is 2. The third-order valence-electron chi connectivity index (χ3n) is 6.32. The van der Waals surface area contributed by atoms with Crippen LogP contribution in [-0.4, -0.2) is 68.1 Å². The van der Waals surface area contributed by atoms with Crippen LogP contribution in [0.2, 0.25) is 0 Å². The molecule has 0 aliphatic carbocycles. The predicted molar refractivity (Wildman–Crippen MR) is 131 cm³/mol. The lowest BCUT2D eigenvalue weighted by molar-refractivity contribution is -0.283. The molecule has 8 nitrogen and oxygen atoms in total. The Bertz CT molecular complexity index is 1210. The molecular formula is C27H25NO7S. The number of ether oxygens (including phenoxy) is 2. The number of hydrogen-bond donors (Lipinski definition) is 3. The number of benzene rings is 3. The van der Waals surface area contributed by atoms with Gasteiger partial charge < -0.3 is 24.8 Å². The van der Waals surface area contributed by atoms with Gasteiger partial charge in [-0.25, -0.2) is 4.90 Å². The van der Waals surface area contributed by atoms with Crippen molar-refractivity contribution in [3.05, 3.63) is 102 Å². The van der Waals surface area contributed by atoms with Gasteiger partial charge in [0.25, 0.3) is 11.8 Å². The highest BCUT2D eigenvalue weighted by molar-refractivity contribution is 7.99. The van der Waals surface area contributed by atoms with Crippen LogP contribution in [0.5, 0.6) is 0 Å². The highest BCUT2D eigenvalue weighted by Crippen LogP contribution is 2.44. The van der Waals surface area contributed by atoms with E-state index >= 15 is 0 Å². The first-order valence-corrected chi connectivity index (χ1v) is 12.3. The van der Waals surface area contributed by atoms with Crippen molar-refractivity contribution >= 4 is 23.6 Å². The highest BCUT2D eigenvalue weighted by atomic mass is 32.2. The molecule has 0 aromatic heterocycles. The molecule has 36 heavy (non-hydrogen) atoms. The summed E-state index contributed by atoms with van der Waals surface area (Å²) >= 11 is 1.04. The molecule has 0 bridgehead atoms. The second-order valence-electron chi connectivity index (χ2n) is 8.65. The number of aliphatic hydroxyl groups excluding tert-OH is 2. The fourth-order valence-corrected chi connectivity index (χ4v) is 5.61. The maximum Gasteiger partial charge on any atom is 0.264 e. The summed E-state index contributed by atoms with van der Waals surface area (Å²) in [5.41, 5.74) is -2.74. The zero-order valence-electron chi connectivity index (χ0n) is 19.1. The van der Waals surface area contributed by atoms with Gasteiger partial charge >= 0.3 is 0 Å². The quantitative estimate of drug-likeness (QED) is 0.418. The van der Waals surface area contributed by atoms with Gasteiger partial charge in [-0.1, -0.05) is 72.4 Å². The van der Waals surface area contributed by atoms with Gasteiger partial charge in [0, 0.05) is 4.90 Å². The Hall–Kier alpha value is -3.05. The zero-order chi connectivity index (χ0) is 25.3. The van der Waals surface area contributed by atoms with Crippen LogP contribution in [0.1, 0.15) is 26.3 Å². The van der Waals surface area contributed by atoms with Crippen molar-refractivity contribution in [1.29, 1.82) is 0 Å². The van der Waals surface area contributed by atoms with Crippen molar-refractivity contribution in [2.24, 2.45) is 0 Å². The molecule has 5 atom stereocenters. The Morgan fingerprint density at radius 3 is 2.03 bits per heavy atom. The van der Waals surface area contributed by atoms with Crippen molar-refractivity contribution in [3.63, 3.8) is 0 Å². The van der Waals surface area contributed by atoms with Crippen molar-refractivity contribution in [1.82, 2.24) is 4.90 Å². The number of amides is 2. The Morgan fingerprint density at radius 1 is 0.861 bits per heavy atom. The summed E-state index contributed by atoms with van der Waals surface area (Å²) in [7, 11) is 0. The smallest absolute Gasteiger partial charge is 0.264 e. The van der Waals surface area contributed by atoms with Crippen LogP contribution in [-0.2, 0) is 16.1 Å². The second-order valence-corrected chi connectivity index (χ2v) is 9.78. The molecular weight excluding hydrogens is 482 g/mol. The molecule has 5 rings (SSSR count). The van der Waals surface area contributed by atoms with Crippen LogP contribution >= 0.6 is 11.8 Å². The highest BCUT2D eigenvalue weighted by Gasteiger charge is 2.63. The SMILES string of the molecule is O=C1c2ccccc2C(=O)N1[C@]1(O)[C@H](Sc2ccccc2)O[C@H](COCc2ccccc2)[C@@H](O)[C@@H]1O. The molecule has 0 spiro atoms. The minimum Gasteiger partial charge on any atom is -0.387 e. The lowest BCUT2D eigenvalue weighted by Crippen LogP contribution is -2.73. The molecule has 2 aliphatic rings. The van der Waals surface area contributed by atoms with Crippen molar-refractivity contribution in [2.45, 2.75) is 41.0 Å². The van der Waals surface area contributed by atoms with Crippen LogP contribution in [0.15, 0.2) is 89.8 Å². The Kier molecular flexibility index (Phi) is 6.94. The van der Waals surface area contributed by atoms with E-state index in [1.54, 1.807) is 36.4 Å². The van der Waals surface area contributed by atoms with E-state index in [-0.39, 0.29) is 24.3 Å². The summed E-state index contributed by atoms with van der Waals surface area (Å²) < 4.78 is 11.8. The fraction of sp³-hybridized carbons (Fsp3) is 0.259. The molecule has 0 radical (unpaired) electrons. The number of thioether (sulfide) groups is 1. The summed E-state index contributed by atoms with van der Waals surface area (Å²) in [4.78, 5) is 27.7. The maximum atomic E-state index is 13.2. The number of fused-ring (bicyclic) bond motifs is 1. The fourth-order valence-electron chi connectivity index (χ4n) is 4.43. The summed E-state index contributed by atoms with van der Waals surface area (Å²) in [6.45, 7) is 0.167. The summed E-state index contributed by atoms with van der Waals surface area (Å²) in [6, 6.07) is 24.5. The monoisotopic (exact) mass is 507 g/mol. The number of aliphatic hydroxyl groups is 3. The van der Waals surface area contributed by atoms with Crippen molar-refractivity contribution in [2.75, 3.05) is 6.61 Å². The lowest BCUT2D eigenvalue weighted by Gasteiger charge is -2.50. The van der Waals surface area contributed by atoms with E-state index in [1.807, 2.05) is 36.4 Å². The van der Waals surface area contributed by atoms with E-state index < -0.39 is 41.3 Å². The predicted octanol–water partition coefficient (Wildman–Crippen LogP) is 2.43. The van der Waals surface area contributed by atoms with Crippen LogP contribution < -0.4 is 0 Å². The molecule has 2 aliphatic heterocycles. The summed E-state index contributed by atoms with van der Waals surface area (Å²) in [5, 5.41) is 34.0. The molecule has 3 N–H and O–H groups in total. The number of rotatable bonds is 7. The zero-order valence-corrected chi connectivity index (χ0v) is 20.0. The Morgan fingerprint density at radius 2 is 1.42 bits per heavy atom. The molecule has 2 amide bonds. The van der Waals surface area contributed by atoms with Gasteiger partial charge in [-0.3, -0.25) is 9.59 Å². The van der Waals surface area contributed by atoms with Crippen molar-refractivity contribution in [3.8, 4) is 0 Å². The van der Waals surface area contributed by atoms with E-state index in [0.29, 0.717) is 9.80 Å². The molecule has 186 valence electrons. The minimum absolute atomic E-state index is 0.0861. The van der Waals surface area contributed by atoms with E-state index in [4.69, 9.17) is 9.47 Å². The average molecular weight is 508 g/mol. The van der Waals surface area contributed by atoms with Crippen LogP contribution in [0.3, 0.4) is 0 Å². The Balaban J connectivity index is 1.44. The first kappa shape index (κ1) is 24.6. The van der Waals surface area contributed by atoms with E-state index in [9.17, 15) is 24.9 Å². The number of imide groups is 1. The molecule has 3 aromatic carbocycles. The van der Waals surface area contributed by atoms with Gasteiger partial charge in [-0.05, 0) is 29.8 Å². The minimum atomic E-state index is -2.55. The van der Waals surface area contributed by atoms with Gasteiger partial charge in [0.2, 0.25) is 5.72 Å². The molecule has 2 heterocycles. The standard InChI is InChI=1S/C27H25NO7S/c29-22-21(16-34-15-17-9-3-1-4-10-17)35-26(36-18-11-5-2-6-12-18)27(33,23(22)30)28-24(31)19-13-7-8-14-20(19)25(28)32/h1-14,21-23,26,29-30,33H,15-16H2/t21-,22-,23+,26+,27-/m1/s1. The van der Waals surface area contributed by atoms with E-state index in [2.05, 4.69) is 0 Å². The van der Waals surface area contributed by atoms with Gasteiger partial charge in [-0.15, -0.1) is 0 Å². The number of carbonyl (C=O) groups excluding carboxylic acids is 2. The largest absolute Gasteiger partial charge is 0.387 e. The maximum absolute atomic E-state index is 13.2. The van der Waals surface area contributed by atoms with Gasteiger partial charge in [0.1, 0.15) is 18.3 Å². The van der Waals surface area contributed by atoms with Gasteiger partial charge in [0.15, 0.2) is 5.44 Å². The third-order valence-corrected chi connectivity index (χ3v) is 7.53. The number of nitrogens with zero attached hydrogens (tertiary/aromatic N) is 1. The second kappa shape index (κ2) is 10.1. The summed E-state index contributed by atoms with van der Waals surface area (Å²) in [6.07, 6.45) is -4.58. The third kappa shape index (κ3) is 4.34. The van der Waals surface area contributed by atoms with E-state index in [1.165, 1.54) is 12.1 Å². The number of hydrogen-bond acceptors (Lipinski definition) is 8. The molecule has 0 unspecified atom stereocenters. The van der Waals surface area contributed by atoms with Crippen LogP contribution in [0.4, 0.5) is 0 Å². The van der Waals surface area contributed by atoms with E-state index in [0.717, 1.165) is 17.3 Å². The molecule has 0 saturated carbocycles. The molecule has 1 fully saturated rings. The molecule has 9 heteroatoms. The first-order valence-electron chi connectivity index (χ1n) is 11.5. The lowest BCUT2D eigenvalue weighted by atomic mass is 9.93. The Labute approximate surface area is 212 Å². The first-order chi connectivity index (χ1) is 17.4. The average Bonchev–Trinajstić information content (AvgIpc) is 3.17. The van der Waals surface area contributed by atoms with Crippen molar-refractivity contribution < 1.29 is 34.4 Å². The van der Waals surface area contributed by atoms with Crippen LogP contribution in [0.25, 0.3) is 0 Å². The van der Waals surface area contributed by atoms with Gasteiger partial charge in [-0.2, -0.15) is 0 Å². The molecule has 3 aromatic rings. The summed E-state index contributed by atoms with van der Waals surface area (Å²) in [5.74, 6) is -1.55. The molecule has 1 saturated heterocycles. The topological polar surface area (TPSA) is 117 Å². The normalized spacial score (nSPS) is 27.8. The van der Waals surface area contributed by atoms with Gasteiger partial charge in [0.05, 0.1) is 24.3 Å². The van der Waals surface area contributed by atoms with Crippen LogP contribution in [0, 0.1) is 0 Å².